The Balaban J connectivity index is 1.31. The lowest BCUT2D eigenvalue weighted by molar-refractivity contribution is 0.0290. The van der Waals surface area contributed by atoms with E-state index in [4.69, 9.17) is 37.2 Å². The fraction of sp³-hybridized carbons (Fsp3) is 0.591. The summed E-state index contributed by atoms with van der Waals surface area (Å²) in [7, 11) is 1.76. The maximum absolute atomic E-state index is 6.45. The first-order chi connectivity index (χ1) is 14.1. The number of nitrogens with zero attached hydrogens (tertiary/aromatic N) is 2. The predicted octanol–water partition coefficient (Wildman–Crippen LogP) is 5.36. The van der Waals surface area contributed by atoms with Gasteiger partial charge in [0.1, 0.15) is 11.5 Å². The summed E-state index contributed by atoms with van der Waals surface area (Å²) < 4.78 is 17.4. The van der Waals surface area contributed by atoms with Crippen molar-refractivity contribution in [2.45, 2.75) is 44.3 Å². The Morgan fingerprint density at radius 3 is 2.45 bits per heavy atom. The van der Waals surface area contributed by atoms with E-state index in [-0.39, 0.29) is 6.10 Å². The second kappa shape index (κ2) is 8.20. The van der Waals surface area contributed by atoms with Crippen LogP contribution in [-0.2, 0) is 16.1 Å². The number of hydrogen-bond donors (Lipinski definition) is 0. The van der Waals surface area contributed by atoms with Crippen molar-refractivity contribution in [3.63, 3.8) is 0 Å². The van der Waals surface area contributed by atoms with E-state index in [2.05, 4.69) is 10.1 Å². The van der Waals surface area contributed by atoms with Gasteiger partial charge in [-0.05, 0) is 49.7 Å². The van der Waals surface area contributed by atoms with Gasteiger partial charge < -0.3 is 14.0 Å². The molecule has 156 valence electrons. The zero-order valence-electron chi connectivity index (χ0n) is 16.6. The highest BCUT2D eigenvalue weighted by atomic mass is 35.5. The van der Waals surface area contributed by atoms with Crippen molar-refractivity contribution >= 4 is 23.2 Å². The van der Waals surface area contributed by atoms with E-state index in [0.29, 0.717) is 34.4 Å². The van der Waals surface area contributed by atoms with Crippen LogP contribution in [0, 0.1) is 11.8 Å². The maximum Gasteiger partial charge on any atom is 0.145 e. The SMILES string of the molecule is COCN1C[C@H]2C[C@H](OCc3c(-c4c(Cl)cccc4Cl)noc3C3CC3)C[C@H]2C1. The van der Waals surface area contributed by atoms with Gasteiger partial charge in [-0.2, -0.15) is 0 Å². The van der Waals surface area contributed by atoms with Gasteiger partial charge in [0.05, 0.1) is 29.5 Å². The molecule has 1 saturated heterocycles. The molecule has 2 saturated carbocycles. The highest BCUT2D eigenvalue weighted by molar-refractivity contribution is 6.39. The van der Waals surface area contributed by atoms with Crippen LogP contribution in [0.5, 0.6) is 0 Å². The molecule has 3 atom stereocenters. The summed E-state index contributed by atoms with van der Waals surface area (Å²) in [5, 5.41) is 5.53. The van der Waals surface area contributed by atoms with Crippen LogP contribution in [0.25, 0.3) is 11.3 Å². The summed E-state index contributed by atoms with van der Waals surface area (Å²) in [5.74, 6) is 2.80. The highest BCUT2D eigenvalue weighted by Crippen LogP contribution is 2.47. The minimum atomic E-state index is 0.284. The number of hydrogen-bond acceptors (Lipinski definition) is 5. The molecule has 0 N–H and O–H groups in total. The van der Waals surface area contributed by atoms with Crippen LogP contribution in [0.4, 0.5) is 0 Å². The molecule has 7 heteroatoms. The van der Waals surface area contributed by atoms with Crippen LogP contribution in [0.2, 0.25) is 10.0 Å². The van der Waals surface area contributed by atoms with E-state index < -0.39 is 0 Å². The zero-order chi connectivity index (χ0) is 20.0. The van der Waals surface area contributed by atoms with E-state index in [1.54, 1.807) is 7.11 Å². The molecule has 29 heavy (non-hydrogen) atoms. The largest absolute Gasteiger partial charge is 0.373 e. The third kappa shape index (κ3) is 3.96. The van der Waals surface area contributed by atoms with E-state index in [1.807, 2.05) is 18.2 Å². The van der Waals surface area contributed by atoms with E-state index in [1.165, 1.54) is 0 Å². The molecule has 2 aliphatic carbocycles. The standard InChI is InChI=1S/C22H26Cl2N2O3/c1-27-12-26-9-14-7-16(8-15(14)10-26)28-11-17-21(25-29-22(17)13-5-6-13)20-18(23)3-2-4-19(20)24/h2-4,13-16H,5-12H2,1H3/t14-,15+,16+. The van der Waals surface area contributed by atoms with Crippen LogP contribution >= 0.6 is 23.2 Å². The van der Waals surface area contributed by atoms with Gasteiger partial charge in [-0.25, -0.2) is 0 Å². The van der Waals surface area contributed by atoms with Crippen LogP contribution < -0.4 is 0 Å². The molecule has 5 rings (SSSR count). The Labute approximate surface area is 181 Å². The minimum Gasteiger partial charge on any atom is -0.373 e. The van der Waals surface area contributed by atoms with Crippen molar-refractivity contribution in [1.29, 1.82) is 0 Å². The summed E-state index contributed by atoms with van der Waals surface area (Å²) >= 11 is 12.9. The monoisotopic (exact) mass is 436 g/mol. The Hall–Kier alpha value is -1.11. The van der Waals surface area contributed by atoms with Crippen molar-refractivity contribution < 1.29 is 14.0 Å². The Bertz CT molecular complexity index is 849. The fourth-order valence-electron chi connectivity index (χ4n) is 5.01. The molecule has 0 unspecified atom stereocenters. The molecule has 1 aliphatic heterocycles. The van der Waals surface area contributed by atoms with Crippen LogP contribution in [0.15, 0.2) is 22.7 Å². The zero-order valence-corrected chi connectivity index (χ0v) is 18.1. The second-order valence-electron chi connectivity index (χ2n) is 8.62. The van der Waals surface area contributed by atoms with Gasteiger partial charge in [0.15, 0.2) is 0 Å². The minimum absolute atomic E-state index is 0.284. The van der Waals surface area contributed by atoms with E-state index in [0.717, 1.165) is 68.1 Å². The quantitative estimate of drug-likeness (QED) is 0.584. The first kappa shape index (κ1) is 19.8. The summed E-state index contributed by atoms with van der Waals surface area (Å²) in [5.41, 5.74) is 2.48. The third-order valence-electron chi connectivity index (χ3n) is 6.52. The number of likely N-dealkylation sites (tertiary alicyclic amines) is 1. The summed E-state index contributed by atoms with van der Waals surface area (Å²) in [6, 6.07) is 5.52. The van der Waals surface area contributed by atoms with Crippen LogP contribution in [-0.4, -0.2) is 43.1 Å². The average molecular weight is 437 g/mol. The molecule has 0 bridgehead atoms. The number of fused-ring (bicyclic) bond motifs is 1. The highest BCUT2D eigenvalue weighted by Gasteiger charge is 2.41. The van der Waals surface area contributed by atoms with Gasteiger partial charge >= 0.3 is 0 Å². The van der Waals surface area contributed by atoms with Crippen molar-refractivity contribution in [3.8, 4) is 11.3 Å². The van der Waals surface area contributed by atoms with E-state index in [9.17, 15) is 0 Å². The number of benzene rings is 1. The molecule has 5 nitrogen and oxygen atoms in total. The number of aromatic nitrogens is 1. The molecule has 2 aromatic rings. The van der Waals surface area contributed by atoms with Gasteiger partial charge in [0.2, 0.25) is 0 Å². The summed E-state index contributed by atoms with van der Waals surface area (Å²) in [4.78, 5) is 2.40. The van der Waals surface area contributed by atoms with Crippen molar-refractivity contribution in [1.82, 2.24) is 10.1 Å². The lowest BCUT2D eigenvalue weighted by Crippen LogP contribution is -2.25. The molecule has 0 spiro atoms. The van der Waals surface area contributed by atoms with Crippen LogP contribution in [0.1, 0.15) is 42.9 Å². The van der Waals surface area contributed by atoms with Crippen molar-refractivity contribution in [2.24, 2.45) is 11.8 Å². The lowest BCUT2D eigenvalue weighted by atomic mass is 10.0. The van der Waals surface area contributed by atoms with Gasteiger partial charge in [-0.1, -0.05) is 34.4 Å². The van der Waals surface area contributed by atoms with Crippen molar-refractivity contribution in [2.75, 3.05) is 26.9 Å². The van der Waals surface area contributed by atoms with Gasteiger partial charge in [0.25, 0.3) is 0 Å². The number of rotatable bonds is 7. The number of ether oxygens (including phenoxy) is 2. The fourth-order valence-corrected chi connectivity index (χ4v) is 5.59. The normalized spacial score (nSPS) is 26.9. The van der Waals surface area contributed by atoms with Gasteiger partial charge in [-0.15, -0.1) is 0 Å². The number of methoxy groups -OCH3 is 1. The van der Waals surface area contributed by atoms with Crippen LogP contribution in [0.3, 0.4) is 0 Å². The van der Waals surface area contributed by atoms with Gasteiger partial charge in [0, 0.05) is 37.2 Å². The molecule has 1 aromatic heterocycles. The summed E-state index contributed by atoms with van der Waals surface area (Å²) in [6.07, 6.45) is 4.78. The lowest BCUT2D eigenvalue weighted by Gasteiger charge is -2.18. The molecule has 0 radical (unpaired) electrons. The van der Waals surface area contributed by atoms with Gasteiger partial charge in [-0.3, -0.25) is 4.90 Å². The molecule has 3 aliphatic rings. The first-order valence-corrected chi connectivity index (χ1v) is 11.1. The van der Waals surface area contributed by atoms with Crippen molar-refractivity contribution in [3.05, 3.63) is 39.6 Å². The average Bonchev–Trinajstić information content (AvgIpc) is 3.18. The Kier molecular flexibility index (Phi) is 5.61. The summed E-state index contributed by atoms with van der Waals surface area (Å²) in [6.45, 7) is 3.45. The number of halogens is 2. The molecule has 0 amide bonds. The molecule has 2 heterocycles. The topological polar surface area (TPSA) is 47.7 Å². The third-order valence-corrected chi connectivity index (χ3v) is 7.15. The molecular weight excluding hydrogens is 411 g/mol. The second-order valence-corrected chi connectivity index (χ2v) is 9.44. The van der Waals surface area contributed by atoms with E-state index >= 15 is 0 Å². The molecule has 3 fully saturated rings. The molecular formula is C22H26Cl2N2O3. The Morgan fingerprint density at radius 2 is 1.83 bits per heavy atom. The first-order valence-electron chi connectivity index (χ1n) is 10.4. The molecule has 1 aromatic carbocycles. The maximum atomic E-state index is 6.45. The smallest absolute Gasteiger partial charge is 0.145 e. The Morgan fingerprint density at radius 1 is 1.14 bits per heavy atom. The predicted molar refractivity (Wildman–Crippen MR) is 112 cm³/mol.